The third-order valence-corrected chi connectivity index (χ3v) is 5.24. The maximum Gasteiger partial charge on any atom is 0.212 e. The number of benzene rings is 2. The number of anilines is 1. The van der Waals surface area contributed by atoms with Gasteiger partial charge < -0.3 is 14.2 Å². The van der Waals surface area contributed by atoms with Crippen molar-refractivity contribution in [2.75, 3.05) is 26.1 Å². The van der Waals surface area contributed by atoms with Crippen molar-refractivity contribution < 1.29 is 4.74 Å². The van der Waals surface area contributed by atoms with E-state index in [4.69, 9.17) is 9.72 Å². The number of hydrogen-bond acceptors (Lipinski definition) is 4. The molecule has 0 aliphatic rings. The molecule has 5 nitrogen and oxygen atoms in total. The van der Waals surface area contributed by atoms with E-state index < -0.39 is 0 Å². The first kappa shape index (κ1) is 19.0. The molecule has 2 heterocycles. The second-order valence-corrected chi connectivity index (χ2v) is 7.30. The van der Waals surface area contributed by atoms with Crippen molar-refractivity contribution in [3.8, 4) is 17.0 Å². The quantitative estimate of drug-likeness (QED) is 0.478. The summed E-state index contributed by atoms with van der Waals surface area (Å²) in [6.45, 7) is 3.05. The molecule has 0 saturated carbocycles. The van der Waals surface area contributed by atoms with E-state index in [0.717, 1.165) is 41.0 Å². The maximum atomic E-state index is 5.16. The lowest BCUT2D eigenvalue weighted by Gasteiger charge is -2.13. The fourth-order valence-electron chi connectivity index (χ4n) is 3.61. The lowest BCUT2D eigenvalue weighted by atomic mass is 10.1. The van der Waals surface area contributed by atoms with Gasteiger partial charge in [-0.05, 0) is 48.4 Å². The minimum absolute atomic E-state index is 0.621. The van der Waals surface area contributed by atoms with Gasteiger partial charge in [-0.15, -0.1) is 0 Å². The summed E-state index contributed by atoms with van der Waals surface area (Å²) in [5.74, 6) is 1.71. The van der Waals surface area contributed by atoms with Gasteiger partial charge in [0.25, 0.3) is 0 Å². The highest BCUT2D eigenvalue weighted by atomic mass is 16.5. The van der Waals surface area contributed by atoms with Crippen LogP contribution in [0.3, 0.4) is 0 Å². The normalized spacial score (nSPS) is 11.0. The Morgan fingerprint density at radius 2 is 1.72 bits per heavy atom. The molecule has 0 saturated heterocycles. The molecule has 4 aromatic rings. The summed E-state index contributed by atoms with van der Waals surface area (Å²) >= 11 is 0. The van der Waals surface area contributed by atoms with Gasteiger partial charge in [0, 0.05) is 50.6 Å². The first-order chi connectivity index (χ1) is 14.1. The lowest BCUT2D eigenvalue weighted by molar-refractivity contribution is 0.398. The summed E-state index contributed by atoms with van der Waals surface area (Å²) < 4.78 is 7.47. The van der Waals surface area contributed by atoms with Crippen LogP contribution in [0.25, 0.3) is 22.2 Å². The fourth-order valence-corrected chi connectivity index (χ4v) is 3.61. The average Bonchev–Trinajstić information content (AvgIpc) is 3.10. The molecule has 0 unspecified atom stereocenters. The number of aromatic nitrogens is 3. The molecule has 0 radical (unpaired) electrons. The number of nitrogens with zero attached hydrogens (tertiary/aromatic N) is 4. The Bertz CT molecular complexity index is 1110. The largest absolute Gasteiger partial charge is 0.481 e. The number of aryl methyl sites for hydroxylation is 1. The first-order valence-corrected chi connectivity index (χ1v) is 9.85. The summed E-state index contributed by atoms with van der Waals surface area (Å²) in [6.07, 6.45) is 2.66. The molecular weight excluding hydrogens is 360 g/mol. The molecule has 2 aromatic carbocycles. The van der Waals surface area contributed by atoms with Gasteiger partial charge in [0.05, 0.1) is 18.1 Å². The van der Waals surface area contributed by atoms with Crippen LogP contribution in [0.5, 0.6) is 5.88 Å². The van der Waals surface area contributed by atoms with Gasteiger partial charge in [0.2, 0.25) is 5.88 Å². The minimum atomic E-state index is 0.621. The van der Waals surface area contributed by atoms with Gasteiger partial charge in [-0.2, -0.15) is 0 Å². The van der Waals surface area contributed by atoms with Crippen LogP contribution < -0.4 is 9.64 Å². The monoisotopic (exact) mass is 386 g/mol. The zero-order valence-electron chi connectivity index (χ0n) is 17.4. The Labute approximate surface area is 171 Å². The molecule has 5 heteroatoms. The fraction of sp³-hybridized carbons (Fsp3) is 0.250. The van der Waals surface area contributed by atoms with E-state index in [1.165, 1.54) is 11.3 Å². The lowest BCUT2D eigenvalue weighted by Crippen LogP contribution is -2.08. The van der Waals surface area contributed by atoms with E-state index >= 15 is 0 Å². The van der Waals surface area contributed by atoms with Crippen LogP contribution in [-0.4, -0.2) is 35.7 Å². The molecule has 0 N–H and O–H groups in total. The van der Waals surface area contributed by atoms with Gasteiger partial charge in [0.1, 0.15) is 5.82 Å². The smallest absolute Gasteiger partial charge is 0.212 e. The number of imidazole rings is 1. The summed E-state index contributed by atoms with van der Waals surface area (Å²) in [5, 5.41) is 0. The molecule has 2 aromatic heterocycles. The highest BCUT2D eigenvalue weighted by Gasteiger charge is 2.12. The van der Waals surface area contributed by atoms with Crippen molar-refractivity contribution in [2.24, 2.45) is 0 Å². The summed E-state index contributed by atoms with van der Waals surface area (Å²) in [4.78, 5) is 11.4. The van der Waals surface area contributed by atoms with Crippen molar-refractivity contribution in [1.29, 1.82) is 0 Å². The van der Waals surface area contributed by atoms with Crippen LogP contribution in [0.1, 0.15) is 18.3 Å². The third-order valence-electron chi connectivity index (χ3n) is 5.24. The van der Waals surface area contributed by atoms with E-state index in [-0.39, 0.29) is 0 Å². The van der Waals surface area contributed by atoms with Crippen molar-refractivity contribution in [3.05, 3.63) is 72.2 Å². The molecule has 4 rings (SSSR count). The van der Waals surface area contributed by atoms with Crippen LogP contribution >= 0.6 is 0 Å². The van der Waals surface area contributed by atoms with Crippen LogP contribution in [0, 0.1) is 0 Å². The zero-order chi connectivity index (χ0) is 20.4. The Hall–Kier alpha value is -3.34. The number of rotatable bonds is 6. The highest BCUT2D eigenvalue weighted by molar-refractivity contribution is 5.82. The van der Waals surface area contributed by atoms with Crippen LogP contribution in [0.15, 0.2) is 60.8 Å². The number of hydrogen-bond donors (Lipinski definition) is 0. The average molecular weight is 386 g/mol. The Morgan fingerprint density at radius 1 is 0.966 bits per heavy atom. The van der Waals surface area contributed by atoms with Gasteiger partial charge in [-0.25, -0.2) is 9.97 Å². The van der Waals surface area contributed by atoms with Gasteiger partial charge in [-0.3, -0.25) is 0 Å². The zero-order valence-corrected chi connectivity index (χ0v) is 17.4. The number of ether oxygens (including phenoxy) is 1. The van der Waals surface area contributed by atoms with Crippen LogP contribution in [0.2, 0.25) is 0 Å². The molecule has 0 amide bonds. The van der Waals surface area contributed by atoms with Gasteiger partial charge >= 0.3 is 0 Å². The molecule has 0 atom stereocenters. The predicted molar refractivity (Wildman–Crippen MR) is 119 cm³/mol. The topological polar surface area (TPSA) is 43.2 Å². The second kappa shape index (κ2) is 7.95. The van der Waals surface area contributed by atoms with Crippen molar-refractivity contribution in [2.45, 2.75) is 19.9 Å². The molecule has 0 fully saturated rings. The number of methoxy groups -OCH3 is 1. The van der Waals surface area contributed by atoms with Gasteiger partial charge in [-0.1, -0.05) is 18.2 Å². The summed E-state index contributed by atoms with van der Waals surface area (Å²) in [5.41, 5.74) is 6.84. The van der Waals surface area contributed by atoms with Crippen LogP contribution in [0.4, 0.5) is 5.69 Å². The van der Waals surface area contributed by atoms with E-state index in [1.807, 2.05) is 18.3 Å². The van der Waals surface area contributed by atoms with E-state index in [9.17, 15) is 0 Å². The van der Waals surface area contributed by atoms with E-state index in [2.05, 4.69) is 77.9 Å². The first-order valence-electron chi connectivity index (χ1n) is 9.85. The van der Waals surface area contributed by atoms with Gasteiger partial charge in [0.15, 0.2) is 0 Å². The summed E-state index contributed by atoms with van der Waals surface area (Å²) in [7, 11) is 5.74. The molecule has 0 aliphatic carbocycles. The highest BCUT2D eigenvalue weighted by Crippen LogP contribution is 2.27. The molecule has 0 bridgehead atoms. The maximum absolute atomic E-state index is 5.16. The molecule has 29 heavy (non-hydrogen) atoms. The third kappa shape index (κ3) is 3.81. The van der Waals surface area contributed by atoms with Crippen molar-refractivity contribution >= 4 is 16.7 Å². The minimum Gasteiger partial charge on any atom is -0.481 e. The standard InChI is InChI=1S/C24H26N4O/c1-5-28-22-15-18(19-9-13-24(29-4)25-16-19)8-12-21(22)26-23(28)14-17-6-10-20(11-7-17)27(2)3/h6-13,15-16H,5,14H2,1-4H3. The second-order valence-electron chi connectivity index (χ2n) is 7.30. The van der Waals surface area contributed by atoms with E-state index in [0.29, 0.717) is 5.88 Å². The van der Waals surface area contributed by atoms with Crippen molar-refractivity contribution in [1.82, 2.24) is 14.5 Å². The Balaban J connectivity index is 1.68. The van der Waals surface area contributed by atoms with E-state index in [1.54, 1.807) is 7.11 Å². The predicted octanol–water partition coefficient (Wildman–Crippen LogP) is 4.78. The Morgan fingerprint density at radius 3 is 2.34 bits per heavy atom. The molecule has 0 aliphatic heterocycles. The number of pyridine rings is 1. The molecule has 148 valence electrons. The van der Waals surface area contributed by atoms with Crippen LogP contribution in [-0.2, 0) is 13.0 Å². The number of fused-ring (bicyclic) bond motifs is 1. The SMILES string of the molecule is CCn1c(Cc2ccc(N(C)C)cc2)nc2ccc(-c3ccc(OC)nc3)cc21. The Kier molecular flexibility index (Phi) is 5.21. The van der Waals surface area contributed by atoms with Crippen molar-refractivity contribution in [3.63, 3.8) is 0 Å². The summed E-state index contributed by atoms with van der Waals surface area (Å²) in [6, 6.07) is 19.0. The molecular formula is C24H26N4O. The molecule has 0 spiro atoms.